The van der Waals surface area contributed by atoms with Crippen LogP contribution in [0.1, 0.15) is 98.1 Å². The summed E-state index contributed by atoms with van der Waals surface area (Å²) >= 11 is 0. The Morgan fingerprint density at radius 1 is 1.07 bits per heavy atom. The van der Waals surface area contributed by atoms with Crippen LogP contribution in [-0.4, -0.2) is 61.0 Å². The summed E-state index contributed by atoms with van der Waals surface area (Å²) in [5.74, 6) is 1.52. The van der Waals surface area contributed by atoms with E-state index in [1.165, 1.54) is 0 Å². The summed E-state index contributed by atoms with van der Waals surface area (Å²) in [6.07, 6.45) is 4.81. The molecule has 1 aliphatic heterocycles. The van der Waals surface area contributed by atoms with Gasteiger partial charge in [-0.25, -0.2) is 14.6 Å². The van der Waals surface area contributed by atoms with Gasteiger partial charge in [-0.3, -0.25) is 4.90 Å². The lowest BCUT2D eigenvalue weighted by Gasteiger charge is -2.45. The monoisotopic (exact) mass is 605 g/mol. The fraction of sp³-hybridized carbons (Fsp3) is 0.576. The summed E-state index contributed by atoms with van der Waals surface area (Å²) in [7, 11) is 0. The molecule has 1 unspecified atom stereocenters. The second-order valence-corrected chi connectivity index (χ2v) is 14.7. The molecule has 0 radical (unpaired) electrons. The van der Waals surface area contributed by atoms with Gasteiger partial charge in [-0.1, -0.05) is 12.1 Å². The van der Waals surface area contributed by atoms with E-state index in [0.717, 1.165) is 36.8 Å². The highest BCUT2D eigenvalue weighted by Crippen LogP contribution is 2.42. The van der Waals surface area contributed by atoms with Gasteiger partial charge in [-0.05, 0) is 105 Å². The van der Waals surface area contributed by atoms with Gasteiger partial charge in [-0.15, -0.1) is 0 Å². The topological polar surface area (TPSA) is 127 Å². The number of nitrogen functional groups attached to an aromatic ring is 1. The Morgan fingerprint density at radius 3 is 2.41 bits per heavy atom. The van der Waals surface area contributed by atoms with E-state index in [1.54, 1.807) is 14.3 Å². The number of nitrogens with zero attached hydrogens (tertiary/aromatic N) is 5. The Bertz CT molecular complexity index is 1530. The number of anilines is 3. The van der Waals surface area contributed by atoms with Gasteiger partial charge in [0.25, 0.3) is 0 Å². The third-order valence-electron chi connectivity index (χ3n) is 7.88. The average Bonchev–Trinajstić information content (AvgIpc) is 3.64. The predicted molar refractivity (Wildman–Crippen MR) is 172 cm³/mol. The standard InChI is InChI=1S/C33H47N7O4/c1-31(2,3)43-29(41)38(19-21-10-9-11-23(34)16-21)27-17-26(37-28-25(22-12-13-22)18-35-40(27)28)36-24-14-15-33(7,8)39(20-24)30(42)44-32(4,5)6/h9-11,16-18,22,24H,12-15,19-20,34H2,1-8H3,(H,36,37). The second-order valence-electron chi connectivity index (χ2n) is 14.7. The summed E-state index contributed by atoms with van der Waals surface area (Å²) in [5, 5.41) is 8.29. The largest absolute Gasteiger partial charge is 0.444 e. The Kier molecular flexibility index (Phi) is 8.20. The highest BCUT2D eigenvalue weighted by molar-refractivity contribution is 5.88. The third kappa shape index (κ3) is 7.36. The molecule has 1 atom stereocenters. The van der Waals surface area contributed by atoms with Gasteiger partial charge >= 0.3 is 12.2 Å². The van der Waals surface area contributed by atoms with Crippen molar-refractivity contribution in [2.75, 3.05) is 22.5 Å². The minimum absolute atomic E-state index is 0.0745. The van der Waals surface area contributed by atoms with Gasteiger partial charge in [0.15, 0.2) is 5.65 Å². The first-order valence-electron chi connectivity index (χ1n) is 15.5. The van der Waals surface area contributed by atoms with Crippen LogP contribution >= 0.6 is 0 Å². The van der Waals surface area contributed by atoms with Crippen molar-refractivity contribution in [2.45, 2.75) is 116 Å². The Morgan fingerprint density at radius 2 is 1.77 bits per heavy atom. The lowest BCUT2D eigenvalue weighted by Crippen LogP contribution is -2.57. The van der Waals surface area contributed by atoms with Gasteiger partial charge in [0, 0.05) is 35.4 Å². The SMILES string of the molecule is CC(C)(C)OC(=O)N(Cc1cccc(N)c1)c1cc(NC2CCC(C)(C)N(C(=O)OC(C)(C)C)C2)nc2c(C3CC3)cnn12. The number of hydrogen-bond donors (Lipinski definition) is 2. The molecule has 0 bridgehead atoms. The van der Waals surface area contributed by atoms with Crippen LogP contribution in [-0.2, 0) is 16.0 Å². The molecule has 44 heavy (non-hydrogen) atoms. The normalized spacial score (nSPS) is 18.6. The van der Waals surface area contributed by atoms with Crippen LogP contribution in [0.15, 0.2) is 36.5 Å². The Labute approximate surface area is 260 Å². The Balaban J connectivity index is 1.53. The first-order chi connectivity index (χ1) is 20.5. The molecular weight excluding hydrogens is 558 g/mol. The number of aromatic nitrogens is 3. The van der Waals surface area contributed by atoms with E-state index in [0.29, 0.717) is 35.4 Å². The quantitative estimate of drug-likeness (QED) is 0.297. The summed E-state index contributed by atoms with van der Waals surface area (Å²) in [6, 6.07) is 9.23. The molecule has 1 saturated carbocycles. The molecule has 3 aromatic rings. The molecule has 2 aromatic heterocycles. The summed E-state index contributed by atoms with van der Waals surface area (Å²) in [6.45, 7) is 16.0. The van der Waals surface area contributed by atoms with Crippen LogP contribution < -0.4 is 16.0 Å². The number of rotatable bonds is 6. The lowest BCUT2D eigenvalue weighted by atomic mass is 9.88. The zero-order chi connectivity index (χ0) is 32.0. The van der Waals surface area contributed by atoms with Crippen LogP contribution in [0.3, 0.4) is 0 Å². The fourth-order valence-electron chi connectivity index (χ4n) is 5.53. The summed E-state index contributed by atoms with van der Waals surface area (Å²) in [5.41, 5.74) is 7.67. The van der Waals surface area contributed by atoms with Gasteiger partial charge in [0.05, 0.1) is 12.7 Å². The van der Waals surface area contributed by atoms with Gasteiger partial charge in [0.2, 0.25) is 0 Å². The molecule has 11 heteroatoms. The number of hydrogen-bond acceptors (Lipinski definition) is 8. The van der Waals surface area contributed by atoms with Gasteiger partial charge in [-0.2, -0.15) is 9.61 Å². The lowest BCUT2D eigenvalue weighted by molar-refractivity contribution is -0.00828. The minimum atomic E-state index is -0.707. The zero-order valence-electron chi connectivity index (χ0n) is 27.3. The first kappa shape index (κ1) is 31.4. The van der Waals surface area contributed by atoms with Crippen LogP contribution in [0.25, 0.3) is 5.65 Å². The number of amides is 2. The molecule has 1 aromatic carbocycles. The van der Waals surface area contributed by atoms with Crippen molar-refractivity contribution in [3.05, 3.63) is 47.7 Å². The molecule has 238 valence electrons. The molecule has 2 fully saturated rings. The first-order valence-corrected chi connectivity index (χ1v) is 15.5. The van der Waals surface area contributed by atoms with Crippen molar-refractivity contribution in [3.63, 3.8) is 0 Å². The van der Waals surface area contributed by atoms with E-state index < -0.39 is 17.3 Å². The number of benzene rings is 1. The van der Waals surface area contributed by atoms with Crippen LogP contribution in [0.5, 0.6) is 0 Å². The van der Waals surface area contributed by atoms with Crippen molar-refractivity contribution in [2.24, 2.45) is 0 Å². The number of fused-ring (bicyclic) bond motifs is 1. The Hall–Kier alpha value is -4.02. The number of likely N-dealkylation sites (tertiary alicyclic amines) is 1. The number of carbonyl (C=O) groups is 2. The fourth-order valence-corrected chi connectivity index (χ4v) is 5.53. The summed E-state index contributed by atoms with van der Waals surface area (Å²) in [4.78, 5) is 35.4. The molecule has 0 spiro atoms. The minimum Gasteiger partial charge on any atom is -0.444 e. The predicted octanol–water partition coefficient (Wildman–Crippen LogP) is 6.72. The molecule has 3 N–H and O–H groups in total. The van der Waals surface area contributed by atoms with E-state index in [4.69, 9.17) is 25.3 Å². The van der Waals surface area contributed by atoms with Gasteiger partial charge in [0.1, 0.15) is 22.8 Å². The van der Waals surface area contributed by atoms with Crippen molar-refractivity contribution in [3.8, 4) is 0 Å². The van der Waals surface area contributed by atoms with Crippen molar-refractivity contribution in [1.82, 2.24) is 19.5 Å². The summed E-state index contributed by atoms with van der Waals surface area (Å²) < 4.78 is 13.4. The molecule has 5 rings (SSSR count). The molecule has 2 amide bonds. The maximum absolute atomic E-state index is 13.8. The molecule has 1 saturated heterocycles. The van der Waals surface area contributed by atoms with Crippen LogP contribution in [0.4, 0.5) is 26.9 Å². The molecular formula is C33H47N7O4. The second kappa shape index (κ2) is 11.5. The molecule has 3 heterocycles. The van der Waals surface area contributed by atoms with Crippen LogP contribution in [0, 0.1) is 0 Å². The highest BCUT2D eigenvalue weighted by atomic mass is 16.6. The van der Waals surface area contributed by atoms with Crippen molar-refractivity contribution >= 4 is 35.2 Å². The smallest absolute Gasteiger partial charge is 0.416 e. The van der Waals surface area contributed by atoms with Crippen LogP contribution in [0.2, 0.25) is 0 Å². The van der Waals surface area contributed by atoms with E-state index in [2.05, 4.69) is 19.2 Å². The third-order valence-corrected chi connectivity index (χ3v) is 7.88. The van der Waals surface area contributed by atoms with Gasteiger partial charge < -0.3 is 25.4 Å². The highest BCUT2D eigenvalue weighted by Gasteiger charge is 2.40. The van der Waals surface area contributed by atoms with E-state index in [-0.39, 0.29) is 24.2 Å². The van der Waals surface area contributed by atoms with E-state index >= 15 is 0 Å². The number of carbonyl (C=O) groups excluding carboxylic acids is 2. The number of ether oxygens (including phenoxy) is 2. The maximum Gasteiger partial charge on any atom is 0.416 e. The number of nitrogens with two attached hydrogens (primary N) is 1. The van der Waals surface area contributed by atoms with Crippen molar-refractivity contribution < 1.29 is 19.1 Å². The van der Waals surface area contributed by atoms with Crippen molar-refractivity contribution in [1.29, 1.82) is 0 Å². The molecule has 2 aliphatic rings. The molecule has 1 aliphatic carbocycles. The average molecular weight is 606 g/mol. The number of nitrogens with one attached hydrogen (secondary N) is 1. The molecule has 11 nitrogen and oxygen atoms in total. The zero-order valence-corrected chi connectivity index (χ0v) is 27.3. The number of piperidine rings is 1. The maximum atomic E-state index is 13.8. The van der Waals surface area contributed by atoms with E-state index in [1.807, 2.05) is 78.1 Å². The van der Waals surface area contributed by atoms with E-state index in [9.17, 15) is 9.59 Å².